The summed E-state index contributed by atoms with van der Waals surface area (Å²) < 4.78 is 0. The van der Waals surface area contributed by atoms with Crippen LogP contribution in [0.4, 0.5) is 0 Å². The summed E-state index contributed by atoms with van der Waals surface area (Å²) in [6.07, 6.45) is 60.7. The Bertz CT molecular complexity index is 1900. The second-order valence-corrected chi connectivity index (χ2v) is 15.0. The minimum absolute atomic E-state index is 0.300. The van der Waals surface area contributed by atoms with Crippen LogP contribution in [0.3, 0.4) is 0 Å². The van der Waals surface area contributed by atoms with Crippen molar-refractivity contribution in [2.75, 3.05) is 6.54 Å². The Labute approximate surface area is 341 Å². The summed E-state index contributed by atoms with van der Waals surface area (Å²) in [4.78, 5) is 2.48. The summed E-state index contributed by atoms with van der Waals surface area (Å²) in [7, 11) is 0. The number of unbranched alkanes of at least 4 members (excludes halogenated alkanes) is 1. The van der Waals surface area contributed by atoms with E-state index in [0.717, 1.165) is 80.2 Å². The van der Waals surface area contributed by atoms with Gasteiger partial charge in [0.1, 0.15) is 0 Å². The number of hydrogen-bond acceptors (Lipinski definition) is 1. The van der Waals surface area contributed by atoms with Gasteiger partial charge in [0.15, 0.2) is 0 Å². The minimum atomic E-state index is 0.300. The van der Waals surface area contributed by atoms with Gasteiger partial charge in [0.25, 0.3) is 0 Å². The van der Waals surface area contributed by atoms with Crippen molar-refractivity contribution in [2.45, 2.75) is 91.4 Å². The van der Waals surface area contributed by atoms with Gasteiger partial charge in [0.05, 0.1) is 0 Å². The zero-order valence-corrected chi connectivity index (χ0v) is 34.8. The lowest BCUT2D eigenvalue weighted by atomic mass is 9.81. The van der Waals surface area contributed by atoms with E-state index in [1.54, 1.807) is 0 Å². The molecule has 0 saturated carbocycles. The highest BCUT2D eigenvalue weighted by atomic mass is 15.1. The summed E-state index contributed by atoms with van der Waals surface area (Å²) >= 11 is 0. The van der Waals surface area contributed by atoms with E-state index in [9.17, 15) is 0 Å². The Hall–Kier alpha value is -5.14. The molecule has 0 spiro atoms. The largest absolute Gasteiger partial charge is 0.342 e. The van der Waals surface area contributed by atoms with Gasteiger partial charge in [0, 0.05) is 29.8 Å². The fourth-order valence-electron chi connectivity index (χ4n) is 7.86. The third kappa shape index (κ3) is 13.0. The van der Waals surface area contributed by atoms with Gasteiger partial charge in [-0.2, -0.15) is 0 Å². The molecule has 0 aromatic carbocycles. The van der Waals surface area contributed by atoms with E-state index < -0.39 is 0 Å². The van der Waals surface area contributed by atoms with Crippen molar-refractivity contribution >= 4 is 0 Å². The molecule has 2 atom stereocenters. The Balaban J connectivity index is 1.51. The smallest absolute Gasteiger partial charge is 0.0411 e. The van der Waals surface area contributed by atoms with Gasteiger partial charge in [-0.05, 0) is 148 Å². The van der Waals surface area contributed by atoms with Crippen LogP contribution in [0.25, 0.3) is 0 Å². The molecule has 0 fully saturated rings. The standard InChI is InChI=1S/C55H67N/c1-9-14-15-18-27-52(55-30-21-28-49(24-11-3)45(55)8)42-43(6)31-32-44(7)48-33-37-53(38-34-48)56(41-22-29-47(13-5)46(12-4)23-10-2)54-39-35-51(36-40-54)50-25-19-16-17-20-26-50/h9-13,18-19,22-27,29-33,35,37,39-40,51-52H,1-2,4,6-7,14-17,20-21,28,34,36,38,41-42H2,3,5,8H3/b24-11-,27-18+,29-22-,32-31-,46-23+,47-13+/t51?,52-/m0/s1. The molecule has 4 aliphatic rings. The molecule has 0 saturated heterocycles. The average Bonchev–Trinajstić information content (AvgIpc) is 3.52. The summed E-state index contributed by atoms with van der Waals surface area (Å²) in [5.41, 5.74) is 14.0. The average molecular weight is 742 g/mol. The lowest BCUT2D eigenvalue weighted by Crippen LogP contribution is -2.24. The highest BCUT2D eigenvalue weighted by molar-refractivity contribution is 5.49. The van der Waals surface area contributed by atoms with Gasteiger partial charge >= 0.3 is 0 Å². The molecule has 0 bridgehead atoms. The number of allylic oxidation sites excluding steroid dienone is 31. The lowest BCUT2D eigenvalue weighted by Gasteiger charge is -2.32. The van der Waals surface area contributed by atoms with Crippen molar-refractivity contribution in [1.82, 2.24) is 4.90 Å². The highest BCUT2D eigenvalue weighted by Crippen LogP contribution is 2.36. The van der Waals surface area contributed by atoms with E-state index in [2.05, 4.69) is 168 Å². The predicted octanol–water partition coefficient (Wildman–Crippen LogP) is 15.6. The maximum atomic E-state index is 4.51. The van der Waals surface area contributed by atoms with Gasteiger partial charge < -0.3 is 4.90 Å². The first-order chi connectivity index (χ1) is 27.3. The van der Waals surface area contributed by atoms with Gasteiger partial charge in [-0.25, -0.2) is 0 Å². The molecule has 4 rings (SSSR count). The van der Waals surface area contributed by atoms with Crippen LogP contribution in [-0.2, 0) is 0 Å². The summed E-state index contributed by atoms with van der Waals surface area (Å²) in [6.45, 7) is 28.1. The first kappa shape index (κ1) is 43.6. The lowest BCUT2D eigenvalue weighted by molar-refractivity contribution is 0.456. The van der Waals surface area contributed by atoms with E-state index in [1.807, 2.05) is 24.3 Å². The van der Waals surface area contributed by atoms with Crippen LogP contribution in [0.1, 0.15) is 91.4 Å². The van der Waals surface area contributed by atoms with Crippen molar-refractivity contribution in [3.8, 4) is 0 Å². The zero-order chi connectivity index (χ0) is 40.1. The fraction of sp³-hybridized carbons (Fsp3) is 0.309. The van der Waals surface area contributed by atoms with Gasteiger partial charge in [0.2, 0.25) is 0 Å². The van der Waals surface area contributed by atoms with Crippen molar-refractivity contribution in [3.63, 3.8) is 0 Å². The van der Waals surface area contributed by atoms with Gasteiger partial charge in [-0.1, -0.05) is 153 Å². The van der Waals surface area contributed by atoms with Crippen molar-refractivity contribution in [3.05, 3.63) is 228 Å². The monoisotopic (exact) mass is 742 g/mol. The van der Waals surface area contributed by atoms with E-state index in [1.165, 1.54) is 58.5 Å². The Morgan fingerprint density at radius 3 is 2.45 bits per heavy atom. The number of rotatable bonds is 20. The predicted molar refractivity (Wildman–Crippen MR) is 249 cm³/mol. The maximum Gasteiger partial charge on any atom is 0.0411 e. The highest BCUT2D eigenvalue weighted by Gasteiger charge is 2.21. The molecule has 0 N–H and O–H groups in total. The third-order valence-electron chi connectivity index (χ3n) is 11.1. The second-order valence-electron chi connectivity index (χ2n) is 15.0. The van der Waals surface area contributed by atoms with Crippen LogP contribution in [-0.4, -0.2) is 11.4 Å². The van der Waals surface area contributed by atoms with Crippen LogP contribution in [0, 0.1) is 11.8 Å². The summed E-state index contributed by atoms with van der Waals surface area (Å²) in [5, 5.41) is 0. The molecule has 56 heavy (non-hydrogen) atoms. The number of nitrogens with zero attached hydrogens (tertiary/aromatic N) is 1. The first-order valence-electron chi connectivity index (χ1n) is 20.9. The molecule has 1 heteroatoms. The molecular formula is C55H67N. The quantitative estimate of drug-likeness (QED) is 0.0682. The van der Waals surface area contributed by atoms with Crippen LogP contribution >= 0.6 is 0 Å². The molecule has 0 radical (unpaired) electrons. The van der Waals surface area contributed by atoms with Crippen molar-refractivity contribution < 1.29 is 0 Å². The Kier molecular flexibility index (Phi) is 18.5. The van der Waals surface area contributed by atoms with Crippen LogP contribution in [0.5, 0.6) is 0 Å². The molecule has 1 nitrogen and oxygen atoms in total. The third-order valence-corrected chi connectivity index (χ3v) is 11.1. The topological polar surface area (TPSA) is 3.24 Å². The number of hydrogen-bond donors (Lipinski definition) is 0. The first-order valence-corrected chi connectivity index (χ1v) is 20.9. The van der Waals surface area contributed by atoms with Gasteiger partial charge in [-0.15, -0.1) is 6.58 Å². The van der Waals surface area contributed by atoms with E-state index >= 15 is 0 Å². The SMILES string of the molecule is C=C/C=C(C=C)/C(/C=C\CN(C1=CCC(C2=CCCCC=C2)C=C1)C1=CC=C(C(=C)/C=C\C(=C)C[C@H](/C=C/CCC=C)C2=CCCC(/C=C\C)=C2C)CC1)=C/C. The van der Waals surface area contributed by atoms with Crippen LogP contribution in [0.15, 0.2) is 228 Å². The molecule has 0 aromatic heterocycles. The van der Waals surface area contributed by atoms with Gasteiger partial charge in [-0.3, -0.25) is 0 Å². The summed E-state index contributed by atoms with van der Waals surface area (Å²) in [5.74, 6) is 0.740. The van der Waals surface area contributed by atoms with E-state index in [-0.39, 0.29) is 0 Å². The van der Waals surface area contributed by atoms with Crippen molar-refractivity contribution in [1.29, 1.82) is 0 Å². The zero-order valence-electron chi connectivity index (χ0n) is 34.8. The Morgan fingerprint density at radius 2 is 1.75 bits per heavy atom. The van der Waals surface area contributed by atoms with E-state index in [4.69, 9.17) is 0 Å². The molecule has 0 amide bonds. The molecular weight excluding hydrogens is 675 g/mol. The normalized spacial score (nSPS) is 20.1. The Morgan fingerprint density at radius 1 is 0.893 bits per heavy atom. The van der Waals surface area contributed by atoms with Crippen LogP contribution < -0.4 is 0 Å². The van der Waals surface area contributed by atoms with Crippen LogP contribution in [0.2, 0.25) is 0 Å². The summed E-state index contributed by atoms with van der Waals surface area (Å²) in [6, 6.07) is 0. The molecule has 0 heterocycles. The maximum absolute atomic E-state index is 4.51. The molecule has 0 aromatic rings. The van der Waals surface area contributed by atoms with Crippen molar-refractivity contribution in [2.24, 2.45) is 11.8 Å². The molecule has 1 unspecified atom stereocenters. The minimum Gasteiger partial charge on any atom is -0.342 e. The molecule has 292 valence electrons. The second kappa shape index (κ2) is 23.7. The molecule has 4 aliphatic carbocycles. The molecule has 0 aliphatic heterocycles. The van der Waals surface area contributed by atoms with E-state index in [0.29, 0.717) is 11.8 Å². The fourth-order valence-corrected chi connectivity index (χ4v) is 7.86.